The van der Waals surface area contributed by atoms with Gasteiger partial charge in [-0.15, -0.1) is 6.58 Å². The average Bonchev–Trinajstić information content (AvgIpc) is 2.12. The fraction of sp³-hybridized carbons (Fsp3) is 0.714. The molecule has 4 atom stereocenters. The van der Waals surface area contributed by atoms with Gasteiger partial charge in [0.1, 0.15) is 24.4 Å². The van der Waals surface area contributed by atoms with Gasteiger partial charge < -0.3 is 25.5 Å². The first-order valence-electron chi connectivity index (χ1n) is 3.50. The van der Waals surface area contributed by atoms with Crippen molar-refractivity contribution in [3.8, 4) is 0 Å². The van der Waals surface area contributed by atoms with Crippen LogP contribution in [0, 0.1) is 0 Å². The van der Waals surface area contributed by atoms with Crippen LogP contribution >= 0.6 is 0 Å². The third kappa shape index (κ3) is 2.88. The largest absolute Gasteiger partial charge is 0.394 e. The summed E-state index contributed by atoms with van der Waals surface area (Å²) in [6.07, 6.45) is -4.87. The topological polar surface area (TPSA) is 101 Å². The highest BCUT2D eigenvalue weighted by atomic mass is 16.4. The molecule has 5 nitrogen and oxygen atoms in total. The summed E-state index contributed by atoms with van der Waals surface area (Å²) in [4.78, 5) is 0. The van der Waals surface area contributed by atoms with E-state index in [0.717, 1.165) is 6.08 Å². The van der Waals surface area contributed by atoms with E-state index >= 15 is 0 Å². The van der Waals surface area contributed by atoms with Crippen molar-refractivity contribution < 1.29 is 25.5 Å². The number of aliphatic hydroxyl groups excluding tert-OH is 5. The van der Waals surface area contributed by atoms with Gasteiger partial charge in [-0.25, -0.2) is 0 Å². The van der Waals surface area contributed by atoms with Crippen LogP contribution in [0.5, 0.6) is 0 Å². The predicted octanol–water partition coefficient (Wildman–Crippen LogP) is -2.39. The number of hydrogen-bond acceptors (Lipinski definition) is 5. The van der Waals surface area contributed by atoms with Crippen LogP contribution in [0.15, 0.2) is 12.7 Å². The molecular weight excluding hydrogens is 164 g/mol. The summed E-state index contributed by atoms with van der Waals surface area (Å²) in [5.74, 6) is 0. The molecule has 0 aromatic heterocycles. The zero-order valence-corrected chi connectivity index (χ0v) is 6.54. The highest BCUT2D eigenvalue weighted by molar-refractivity contribution is 4.90. The first-order chi connectivity index (χ1) is 5.54. The number of aliphatic hydroxyl groups is 5. The van der Waals surface area contributed by atoms with Crippen molar-refractivity contribution in [2.45, 2.75) is 24.4 Å². The van der Waals surface area contributed by atoms with Crippen LogP contribution in [0.4, 0.5) is 0 Å². The Kier molecular flexibility index (Phi) is 5.03. The summed E-state index contributed by atoms with van der Waals surface area (Å²) in [7, 11) is 0. The minimum absolute atomic E-state index is 0.678. The van der Waals surface area contributed by atoms with E-state index in [1.807, 2.05) is 0 Å². The van der Waals surface area contributed by atoms with Crippen molar-refractivity contribution in [2.75, 3.05) is 6.61 Å². The van der Waals surface area contributed by atoms with Gasteiger partial charge in [0, 0.05) is 0 Å². The van der Waals surface area contributed by atoms with Crippen molar-refractivity contribution in [1.29, 1.82) is 0 Å². The third-order valence-corrected chi connectivity index (χ3v) is 1.52. The van der Waals surface area contributed by atoms with Gasteiger partial charge in [-0.05, 0) is 0 Å². The minimum atomic E-state index is -1.58. The van der Waals surface area contributed by atoms with Crippen LogP contribution in [0.3, 0.4) is 0 Å². The van der Waals surface area contributed by atoms with Gasteiger partial charge in [0.2, 0.25) is 0 Å². The fourth-order valence-corrected chi connectivity index (χ4v) is 0.677. The van der Waals surface area contributed by atoms with E-state index < -0.39 is 31.0 Å². The van der Waals surface area contributed by atoms with Gasteiger partial charge >= 0.3 is 0 Å². The quantitative estimate of drug-likeness (QED) is 0.302. The van der Waals surface area contributed by atoms with Gasteiger partial charge in [-0.2, -0.15) is 0 Å². The Balaban J connectivity index is 4.07. The standard InChI is InChI=1S/C7H14O5/c1-2-4(9)6(11)7(12)5(10)3-8/h2,4-12H,1,3H2/t4-,5-,6-,7-/m1/s1. The monoisotopic (exact) mass is 178 g/mol. The first kappa shape index (κ1) is 11.5. The highest BCUT2D eigenvalue weighted by Crippen LogP contribution is 2.04. The van der Waals surface area contributed by atoms with Gasteiger partial charge in [0.15, 0.2) is 0 Å². The normalized spacial score (nSPS) is 21.1. The summed E-state index contributed by atoms with van der Waals surface area (Å²) in [6.45, 7) is 2.51. The van der Waals surface area contributed by atoms with E-state index in [0.29, 0.717) is 0 Å². The SMILES string of the molecule is C=C[C@@H](O)[C@@H](O)[C@H](O)[C@H](O)CO. The second-order valence-corrected chi connectivity index (χ2v) is 2.46. The van der Waals surface area contributed by atoms with E-state index in [1.54, 1.807) is 0 Å². The predicted molar refractivity (Wildman–Crippen MR) is 41.3 cm³/mol. The number of rotatable bonds is 5. The van der Waals surface area contributed by atoms with E-state index in [-0.39, 0.29) is 0 Å². The lowest BCUT2D eigenvalue weighted by Crippen LogP contribution is -2.45. The Hall–Kier alpha value is -0.460. The van der Waals surface area contributed by atoms with Crippen molar-refractivity contribution in [2.24, 2.45) is 0 Å². The van der Waals surface area contributed by atoms with Crippen LogP contribution in [-0.2, 0) is 0 Å². The Morgan fingerprint density at radius 2 is 1.58 bits per heavy atom. The molecular formula is C7H14O5. The molecule has 0 aromatic rings. The van der Waals surface area contributed by atoms with Crippen LogP contribution in [0.25, 0.3) is 0 Å². The van der Waals surface area contributed by atoms with Crippen LogP contribution in [0.2, 0.25) is 0 Å². The van der Waals surface area contributed by atoms with Gasteiger partial charge in [-0.3, -0.25) is 0 Å². The molecule has 5 N–H and O–H groups in total. The van der Waals surface area contributed by atoms with Crippen molar-refractivity contribution >= 4 is 0 Å². The molecule has 0 rings (SSSR count). The average molecular weight is 178 g/mol. The third-order valence-electron chi connectivity index (χ3n) is 1.52. The lowest BCUT2D eigenvalue weighted by molar-refractivity contribution is -0.104. The maximum absolute atomic E-state index is 9.05. The Morgan fingerprint density at radius 3 is 1.92 bits per heavy atom. The summed E-state index contributed by atoms with van der Waals surface area (Å²) in [5, 5.41) is 44.2. The molecule has 0 fully saturated rings. The lowest BCUT2D eigenvalue weighted by atomic mass is 10.0. The zero-order chi connectivity index (χ0) is 9.72. The second-order valence-electron chi connectivity index (χ2n) is 2.46. The molecule has 0 amide bonds. The molecule has 0 aliphatic rings. The second kappa shape index (κ2) is 5.23. The Morgan fingerprint density at radius 1 is 1.08 bits per heavy atom. The summed E-state index contributed by atoms with van der Waals surface area (Å²) < 4.78 is 0. The molecule has 0 unspecified atom stereocenters. The van der Waals surface area contributed by atoms with E-state index in [9.17, 15) is 0 Å². The lowest BCUT2D eigenvalue weighted by Gasteiger charge is -2.23. The van der Waals surface area contributed by atoms with Gasteiger partial charge in [0.05, 0.1) is 6.61 Å². The van der Waals surface area contributed by atoms with Gasteiger partial charge in [0.25, 0.3) is 0 Å². The molecule has 12 heavy (non-hydrogen) atoms. The molecule has 0 saturated heterocycles. The molecule has 72 valence electrons. The molecule has 5 heteroatoms. The minimum Gasteiger partial charge on any atom is -0.394 e. The smallest absolute Gasteiger partial charge is 0.112 e. The summed E-state index contributed by atoms with van der Waals surface area (Å²) >= 11 is 0. The summed E-state index contributed by atoms with van der Waals surface area (Å²) in [5.41, 5.74) is 0. The molecule has 0 aliphatic carbocycles. The fourth-order valence-electron chi connectivity index (χ4n) is 0.677. The Bertz CT molecular complexity index is 138. The Labute approximate surface area is 70.2 Å². The van der Waals surface area contributed by atoms with E-state index in [1.165, 1.54) is 0 Å². The van der Waals surface area contributed by atoms with Crippen LogP contribution < -0.4 is 0 Å². The molecule has 0 aliphatic heterocycles. The van der Waals surface area contributed by atoms with Crippen LogP contribution in [-0.4, -0.2) is 56.6 Å². The molecule has 0 saturated carbocycles. The molecule has 0 spiro atoms. The van der Waals surface area contributed by atoms with Crippen molar-refractivity contribution in [3.63, 3.8) is 0 Å². The maximum Gasteiger partial charge on any atom is 0.112 e. The molecule has 0 heterocycles. The molecule has 0 radical (unpaired) electrons. The van der Waals surface area contributed by atoms with E-state index in [4.69, 9.17) is 25.5 Å². The highest BCUT2D eigenvalue weighted by Gasteiger charge is 2.28. The first-order valence-corrected chi connectivity index (χ1v) is 3.50. The van der Waals surface area contributed by atoms with Crippen molar-refractivity contribution in [1.82, 2.24) is 0 Å². The van der Waals surface area contributed by atoms with E-state index in [2.05, 4.69) is 6.58 Å². The van der Waals surface area contributed by atoms with Crippen molar-refractivity contribution in [3.05, 3.63) is 12.7 Å². The molecule has 0 bridgehead atoms. The van der Waals surface area contributed by atoms with Gasteiger partial charge in [-0.1, -0.05) is 6.08 Å². The van der Waals surface area contributed by atoms with Crippen LogP contribution in [0.1, 0.15) is 0 Å². The summed E-state index contributed by atoms with van der Waals surface area (Å²) in [6, 6.07) is 0. The molecule has 0 aromatic carbocycles. The zero-order valence-electron chi connectivity index (χ0n) is 6.54. The number of hydrogen-bond donors (Lipinski definition) is 5. The maximum atomic E-state index is 9.05.